The van der Waals surface area contributed by atoms with Gasteiger partial charge in [0, 0.05) is 16.8 Å². The van der Waals surface area contributed by atoms with E-state index < -0.39 is 0 Å². The first-order chi connectivity index (χ1) is 8.33. The number of thiophene rings is 1. The van der Waals surface area contributed by atoms with E-state index in [1.807, 2.05) is 18.2 Å². The Morgan fingerprint density at radius 1 is 1.35 bits per heavy atom. The van der Waals surface area contributed by atoms with E-state index in [1.165, 1.54) is 16.9 Å². The van der Waals surface area contributed by atoms with Crippen molar-refractivity contribution in [1.82, 2.24) is 4.98 Å². The smallest absolute Gasteiger partial charge is 0.178 e. The zero-order valence-corrected chi connectivity index (χ0v) is 10.3. The van der Waals surface area contributed by atoms with Gasteiger partial charge in [-0.1, -0.05) is 6.07 Å². The van der Waals surface area contributed by atoms with Crippen molar-refractivity contribution in [1.29, 1.82) is 0 Å². The molecule has 0 saturated heterocycles. The van der Waals surface area contributed by atoms with Gasteiger partial charge in [0.25, 0.3) is 0 Å². The Labute approximate surface area is 104 Å². The van der Waals surface area contributed by atoms with Crippen molar-refractivity contribution >= 4 is 17.1 Å². The quantitative estimate of drug-likeness (QED) is 0.775. The molecule has 2 aromatic heterocycles. The van der Waals surface area contributed by atoms with Crippen LogP contribution in [0.15, 0.2) is 30.5 Å². The number of fused-ring (bicyclic) bond motifs is 1. The fraction of sp³-hybridized carbons (Fsp3) is 0.286. The molecule has 2 nitrogen and oxygen atoms in total. The number of nitrogens with zero attached hydrogens (tertiary/aromatic N) is 1. The summed E-state index contributed by atoms with van der Waals surface area (Å²) in [5, 5.41) is 0. The molecular weight excluding hydrogens is 230 g/mol. The maximum Gasteiger partial charge on any atom is 0.178 e. The molecule has 0 bridgehead atoms. The molecular formula is C14H13NOS. The molecule has 3 rings (SSSR count). The van der Waals surface area contributed by atoms with E-state index in [-0.39, 0.29) is 5.78 Å². The fourth-order valence-corrected chi connectivity index (χ4v) is 3.41. The molecule has 3 heteroatoms. The van der Waals surface area contributed by atoms with Gasteiger partial charge in [0.15, 0.2) is 5.78 Å². The lowest BCUT2D eigenvalue weighted by molar-refractivity contribution is 0.0995. The summed E-state index contributed by atoms with van der Waals surface area (Å²) < 4.78 is 0. The van der Waals surface area contributed by atoms with Crippen molar-refractivity contribution in [2.24, 2.45) is 0 Å². The van der Waals surface area contributed by atoms with Gasteiger partial charge in [-0.2, -0.15) is 0 Å². The summed E-state index contributed by atoms with van der Waals surface area (Å²) in [7, 11) is 0. The summed E-state index contributed by atoms with van der Waals surface area (Å²) in [6, 6.07) is 7.77. The second-order valence-electron chi connectivity index (χ2n) is 4.33. The van der Waals surface area contributed by atoms with Gasteiger partial charge >= 0.3 is 0 Å². The van der Waals surface area contributed by atoms with Gasteiger partial charge in [-0.15, -0.1) is 11.3 Å². The van der Waals surface area contributed by atoms with Gasteiger partial charge < -0.3 is 0 Å². The zero-order chi connectivity index (χ0) is 11.7. The van der Waals surface area contributed by atoms with Crippen LogP contribution in [0.2, 0.25) is 0 Å². The van der Waals surface area contributed by atoms with Crippen molar-refractivity contribution in [3.05, 3.63) is 51.5 Å². The molecule has 0 N–H and O–H groups in total. The SMILES string of the molecule is O=C(Cc1ccccn1)c1cc2c(s1)CCC2. The number of carbonyl (C=O) groups is 1. The molecule has 0 spiro atoms. The summed E-state index contributed by atoms with van der Waals surface area (Å²) in [5.41, 5.74) is 2.24. The molecule has 0 radical (unpaired) electrons. The fourth-order valence-electron chi connectivity index (χ4n) is 2.22. The predicted octanol–water partition coefficient (Wildman–Crippen LogP) is 3.06. The average molecular weight is 243 g/mol. The standard InChI is InChI=1S/C14H13NOS/c16-12(9-11-5-1-2-7-15-11)14-8-10-4-3-6-13(10)17-14/h1-2,5,7-8H,3-4,6,9H2. The number of ketones is 1. The lowest BCUT2D eigenvalue weighted by atomic mass is 10.1. The summed E-state index contributed by atoms with van der Waals surface area (Å²) in [4.78, 5) is 18.6. The van der Waals surface area contributed by atoms with Crippen LogP contribution in [0.3, 0.4) is 0 Å². The van der Waals surface area contributed by atoms with Gasteiger partial charge in [0.1, 0.15) is 0 Å². The van der Waals surface area contributed by atoms with Crippen LogP contribution in [-0.4, -0.2) is 10.8 Å². The first kappa shape index (κ1) is 10.7. The number of aromatic nitrogens is 1. The average Bonchev–Trinajstić information content (AvgIpc) is 2.90. The molecule has 0 saturated carbocycles. The number of rotatable bonds is 3. The van der Waals surface area contributed by atoms with Crippen molar-refractivity contribution in [2.75, 3.05) is 0 Å². The van der Waals surface area contributed by atoms with E-state index in [1.54, 1.807) is 17.5 Å². The third-order valence-corrected chi connectivity index (χ3v) is 4.37. The molecule has 17 heavy (non-hydrogen) atoms. The molecule has 0 amide bonds. The number of Topliss-reactive ketones (excluding diaryl/α,β-unsaturated/α-hetero) is 1. The number of pyridine rings is 1. The molecule has 0 unspecified atom stereocenters. The number of hydrogen-bond donors (Lipinski definition) is 0. The van der Waals surface area contributed by atoms with E-state index in [4.69, 9.17) is 0 Å². The molecule has 1 aliphatic carbocycles. The minimum Gasteiger partial charge on any atom is -0.293 e. The summed E-state index contributed by atoms with van der Waals surface area (Å²) in [6.07, 6.45) is 5.69. The van der Waals surface area contributed by atoms with E-state index in [0.29, 0.717) is 6.42 Å². The Kier molecular flexibility index (Phi) is 2.77. The summed E-state index contributed by atoms with van der Waals surface area (Å²) in [6.45, 7) is 0. The van der Waals surface area contributed by atoms with Crippen LogP contribution in [-0.2, 0) is 19.3 Å². The number of aryl methyl sites for hydroxylation is 2. The Morgan fingerprint density at radius 2 is 2.29 bits per heavy atom. The molecule has 0 atom stereocenters. The highest BCUT2D eigenvalue weighted by Crippen LogP contribution is 2.31. The third-order valence-electron chi connectivity index (χ3n) is 3.09. The van der Waals surface area contributed by atoms with Crippen molar-refractivity contribution in [2.45, 2.75) is 25.7 Å². The lowest BCUT2D eigenvalue weighted by Crippen LogP contribution is -2.02. The zero-order valence-electron chi connectivity index (χ0n) is 9.48. The predicted molar refractivity (Wildman–Crippen MR) is 68.6 cm³/mol. The van der Waals surface area contributed by atoms with Gasteiger partial charge in [-0.25, -0.2) is 0 Å². The molecule has 86 valence electrons. The van der Waals surface area contributed by atoms with E-state index in [2.05, 4.69) is 11.1 Å². The lowest BCUT2D eigenvalue weighted by Gasteiger charge is -1.97. The maximum atomic E-state index is 12.1. The third kappa shape index (κ3) is 2.15. The second kappa shape index (κ2) is 4.41. The molecule has 1 aliphatic rings. The Hall–Kier alpha value is -1.48. The van der Waals surface area contributed by atoms with Crippen molar-refractivity contribution < 1.29 is 4.79 Å². The Bertz CT molecular complexity index is 523. The molecule has 0 fully saturated rings. The van der Waals surface area contributed by atoms with Crippen molar-refractivity contribution in [3.8, 4) is 0 Å². The summed E-state index contributed by atoms with van der Waals surface area (Å²) >= 11 is 1.67. The number of hydrogen-bond acceptors (Lipinski definition) is 3. The summed E-state index contributed by atoms with van der Waals surface area (Å²) in [5.74, 6) is 0.197. The molecule has 0 aliphatic heterocycles. The van der Waals surface area contributed by atoms with Crippen LogP contribution in [0.5, 0.6) is 0 Å². The first-order valence-electron chi connectivity index (χ1n) is 5.87. The normalized spacial score (nSPS) is 13.6. The Morgan fingerprint density at radius 3 is 3.06 bits per heavy atom. The van der Waals surface area contributed by atoms with Gasteiger partial charge in [-0.05, 0) is 43.0 Å². The maximum absolute atomic E-state index is 12.1. The highest BCUT2D eigenvalue weighted by molar-refractivity contribution is 7.14. The van der Waals surface area contributed by atoms with E-state index in [9.17, 15) is 4.79 Å². The highest BCUT2D eigenvalue weighted by Gasteiger charge is 2.18. The topological polar surface area (TPSA) is 30.0 Å². The molecule has 2 aromatic rings. The number of carbonyl (C=O) groups excluding carboxylic acids is 1. The second-order valence-corrected chi connectivity index (χ2v) is 5.47. The van der Waals surface area contributed by atoms with E-state index in [0.717, 1.165) is 23.4 Å². The molecule has 0 aromatic carbocycles. The molecule has 2 heterocycles. The van der Waals surface area contributed by atoms with E-state index >= 15 is 0 Å². The van der Waals surface area contributed by atoms with Crippen LogP contribution in [0.1, 0.15) is 32.2 Å². The van der Waals surface area contributed by atoms with Gasteiger partial charge in [0.05, 0.1) is 11.3 Å². The van der Waals surface area contributed by atoms with Gasteiger partial charge in [0.2, 0.25) is 0 Å². The largest absolute Gasteiger partial charge is 0.293 e. The van der Waals surface area contributed by atoms with Gasteiger partial charge in [-0.3, -0.25) is 9.78 Å². The van der Waals surface area contributed by atoms with Crippen LogP contribution < -0.4 is 0 Å². The van der Waals surface area contributed by atoms with Crippen LogP contribution in [0, 0.1) is 0 Å². The monoisotopic (exact) mass is 243 g/mol. The minimum absolute atomic E-state index is 0.197. The van der Waals surface area contributed by atoms with Crippen LogP contribution in [0.4, 0.5) is 0 Å². The highest BCUT2D eigenvalue weighted by atomic mass is 32.1. The Balaban J connectivity index is 1.78. The van der Waals surface area contributed by atoms with Crippen LogP contribution >= 0.6 is 11.3 Å². The first-order valence-corrected chi connectivity index (χ1v) is 6.69. The minimum atomic E-state index is 0.197. The van der Waals surface area contributed by atoms with Crippen molar-refractivity contribution in [3.63, 3.8) is 0 Å². The van der Waals surface area contributed by atoms with Crippen LogP contribution in [0.25, 0.3) is 0 Å².